The summed E-state index contributed by atoms with van der Waals surface area (Å²) in [5, 5.41) is 2.59. The molecule has 1 atom stereocenters. The summed E-state index contributed by atoms with van der Waals surface area (Å²) in [4.78, 5) is 22.6. The number of carbonyl (C=O) groups excluding carboxylic acids is 2. The maximum absolute atomic E-state index is 11.5. The van der Waals surface area contributed by atoms with Gasteiger partial charge in [-0.25, -0.2) is 0 Å². The summed E-state index contributed by atoms with van der Waals surface area (Å²) in [5.74, 6) is 0.108. The van der Waals surface area contributed by atoms with Gasteiger partial charge in [-0.1, -0.05) is 42.1 Å². The van der Waals surface area contributed by atoms with Gasteiger partial charge in [-0.2, -0.15) is 0 Å². The Morgan fingerprint density at radius 3 is 2.82 bits per heavy atom. The number of hydrogen-bond donors (Lipinski definition) is 1. The van der Waals surface area contributed by atoms with E-state index in [0.29, 0.717) is 6.61 Å². The normalized spacial score (nSPS) is 20.1. The average Bonchev–Trinajstić information content (AvgIpc) is 2.35. The lowest BCUT2D eigenvalue weighted by atomic mass is 10.2. The Balaban J connectivity index is 1.78. The van der Waals surface area contributed by atoms with Crippen molar-refractivity contribution in [3.63, 3.8) is 0 Å². The lowest BCUT2D eigenvalue weighted by Gasteiger charge is -2.21. The van der Waals surface area contributed by atoms with E-state index >= 15 is 0 Å². The minimum atomic E-state index is -0.509. The van der Waals surface area contributed by atoms with Crippen LogP contribution in [0.5, 0.6) is 0 Å². The van der Waals surface area contributed by atoms with Gasteiger partial charge >= 0.3 is 0 Å². The topological polar surface area (TPSA) is 55.4 Å². The van der Waals surface area contributed by atoms with Crippen molar-refractivity contribution in [1.29, 1.82) is 0 Å². The fourth-order valence-corrected chi connectivity index (χ4v) is 2.20. The van der Waals surface area contributed by atoms with E-state index in [2.05, 4.69) is 5.32 Å². The van der Waals surface area contributed by atoms with Crippen LogP contribution in [0.3, 0.4) is 0 Å². The van der Waals surface area contributed by atoms with E-state index in [4.69, 9.17) is 4.74 Å². The molecule has 90 valence electrons. The van der Waals surface area contributed by atoms with Gasteiger partial charge in [0, 0.05) is 0 Å². The van der Waals surface area contributed by atoms with Gasteiger partial charge < -0.3 is 10.1 Å². The molecule has 5 heteroatoms. The van der Waals surface area contributed by atoms with E-state index in [0.717, 1.165) is 17.3 Å². The molecule has 2 rings (SSSR count). The van der Waals surface area contributed by atoms with Crippen molar-refractivity contribution < 1.29 is 14.3 Å². The lowest BCUT2D eigenvalue weighted by molar-refractivity contribution is -0.125. The van der Waals surface area contributed by atoms with E-state index in [1.54, 1.807) is 0 Å². The molecule has 0 radical (unpaired) electrons. The molecule has 0 spiro atoms. The van der Waals surface area contributed by atoms with Gasteiger partial charge in [0.2, 0.25) is 11.0 Å². The van der Waals surface area contributed by atoms with E-state index in [-0.39, 0.29) is 23.4 Å². The lowest BCUT2D eigenvalue weighted by Crippen LogP contribution is -2.47. The minimum absolute atomic E-state index is 0.0299. The molecule has 1 aromatic carbocycles. The highest BCUT2D eigenvalue weighted by molar-refractivity contribution is 8.14. The first-order valence-corrected chi connectivity index (χ1v) is 6.32. The van der Waals surface area contributed by atoms with Gasteiger partial charge in [0.05, 0.1) is 19.0 Å². The summed E-state index contributed by atoms with van der Waals surface area (Å²) >= 11 is 1.05. The third-order valence-corrected chi connectivity index (χ3v) is 3.34. The van der Waals surface area contributed by atoms with E-state index in [9.17, 15) is 9.59 Å². The third kappa shape index (κ3) is 3.57. The summed E-state index contributed by atoms with van der Waals surface area (Å²) in [5.41, 5.74) is 1.05. The molecule has 1 aromatic rings. The zero-order valence-corrected chi connectivity index (χ0v) is 10.0. The van der Waals surface area contributed by atoms with Crippen molar-refractivity contribution in [1.82, 2.24) is 5.32 Å². The monoisotopic (exact) mass is 251 g/mol. The average molecular weight is 251 g/mol. The molecule has 0 aliphatic carbocycles. The van der Waals surface area contributed by atoms with Gasteiger partial charge in [-0.3, -0.25) is 9.59 Å². The molecule has 1 amide bonds. The maximum Gasteiger partial charge on any atom is 0.231 e. The summed E-state index contributed by atoms with van der Waals surface area (Å²) in [6.07, 6.45) is 0. The Hall–Kier alpha value is -1.33. The highest BCUT2D eigenvalue weighted by Gasteiger charge is 2.26. The second-order valence-electron chi connectivity index (χ2n) is 3.73. The van der Waals surface area contributed by atoms with Crippen LogP contribution in [0.1, 0.15) is 5.56 Å². The van der Waals surface area contributed by atoms with E-state index in [1.807, 2.05) is 30.3 Å². The SMILES string of the molecule is O=C1CSC(=O)[C@H](COCc2ccccc2)N1. The molecule has 4 nitrogen and oxygen atoms in total. The quantitative estimate of drug-likeness (QED) is 0.866. The van der Waals surface area contributed by atoms with Crippen LogP contribution < -0.4 is 5.32 Å². The summed E-state index contributed by atoms with van der Waals surface area (Å²) in [6.45, 7) is 0.678. The van der Waals surface area contributed by atoms with Crippen molar-refractivity contribution in [3.05, 3.63) is 35.9 Å². The molecule has 1 heterocycles. The molecule has 1 N–H and O–H groups in total. The van der Waals surface area contributed by atoms with Crippen LogP contribution in [0.2, 0.25) is 0 Å². The first-order valence-electron chi connectivity index (χ1n) is 5.33. The first-order chi connectivity index (χ1) is 8.25. The zero-order valence-electron chi connectivity index (χ0n) is 9.22. The molecule has 0 unspecified atom stereocenters. The van der Waals surface area contributed by atoms with Gasteiger partial charge in [0.1, 0.15) is 6.04 Å². The molecular formula is C12H13NO3S. The summed E-state index contributed by atoms with van der Waals surface area (Å²) < 4.78 is 5.43. The van der Waals surface area contributed by atoms with Crippen molar-refractivity contribution >= 4 is 22.8 Å². The Bertz CT molecular complexity index is 407. The molecular weight excluding hydrogens is 238 g/mol. The van der Waals surface area contributed by atoms with Crippen LogP contribution in [0.25, 0.3) is 0 Å². The predicted octanol–water partition coefficient (Wildman–Crippen LogP) is 0.961. The number of ether oxygens (including phenoxy) is 1. The van der Waals surface area contributed by atoms with Crippen LogP contribution in [-0.2, 0) is 20.9 Å². The third-order valence-electron chi connectivity index (χ3n) is 2.36. The highest BCUT2D eigenvalue weighted by atomic mass is 32.2. The van der Waals surface area contributed by atoms with Crippen LogP contribution in [0.4, 0.5) is 0 Å². The molecule has 1 saturated heterocycles. The number of nitrogens with one attached hydrogen (secondary N) is 1. The van der Waals surface area contributed by atoms with Crippen molar-refractivity contribution in [2.75, 3.05) is 12.4 Å². The van der Waals surface area contributed by atoms with Crippen LogP contribution in [0, 0.1) is 0 Å². The second-order valence-corrected chi connectivity index (χ2v) is 4.71. The number of amides is 1. The number of hydrogen-bond acceptors (Lipinski definition) is 4. The van der Waals surface area contributed by atoms with Crippen LogP contribution in [0.15, 0.2) is 30.3 Å². The Morgan fingerprint density at radius 2 is 2.06 bits per heavy atom. The Kier molecular flexibility index (Phi) is 4.17. The Morgan fingerprint density at radius 1 is 1.29 bits per heavy atom. The van der Waals surface area contributed by atoms with Crippen LogP contribution in [-0.4, -0.2) is 29.4 Å². The largest absolute Gasteiger partial charge is 0.374 e. The number of thioether (sulfide) groups is 1. The van der Waals surface area contributed by atoms with E-state index in [1.165, 1.54) is 0 Å². The standard InChI is InChI=1S/C12H13NO3S/c14-11-8-17-12(15)10(13-11)7-16-6-9-4-2-1-3-5-9/h1-5,10H,6-8H2,(H,13,14)/t10-/m0/s1. The molecule has 1 fully saturated rings. The fourth-order valence-electron chi connectivity index (χ4n) is 1.51. The smallest absolute Gasteiger partial charge is 0.231 e. The molecule has 1 aliphatic rings. The molecule has 17 heavy (non-hydrogen) atoms. The molecule has 0 aromatic heterocycles. The van der Waals surface area contributed by atoms with Gasteiger partial charge in [-0.05, 0) is 5.56 Å². The number of carbonyl (C=O) groups is 2. The van der Waals surface area contributed by atoms with Crippen molar-refractivity contribution in [3.8, 4) is 0 Å². The predicted molar refractivity (Wildman–Crippen MR) is 65.5 cm³/mol. The summed E-state index contributed by atoms with van der Waals surface area (Å²) in [6, 6.07) is 9.20. The van der Waals surface area contributed by atoms with E-state index < -0.39 is 6.04 Å². The van der Waals surface area contributed by atoms with Crippen molar-refractivity contribution in [2.24, 2.45) is 0 Å². The molecule has 0 bridgehead atoms. The van der Waals surface area contributed by atoms with Gasteiger partial charge in [-0.15, -0.1) is 0 Å². The Labute approximate surface area is 104 Å². The zero-order chi connectivity index (χ0) is 12.1. The number of benzene rings is 1. The fraction of sp³-hybridized carbons (Fsp3) is 0.333. The van der Waals surface area contributed by atoms with Gasteiger partial charge in [0.25, 0.3) is 0 Å². The second kappa shape index (κ2) is 5.84. The minimum Gasteiger partial charge on any atom is -0.374 e. The molecule has 1 aliphatic heterocycles. The van der Waals surface area contributed by atoms with Crippen molar-refractivity contribution in [2.45, 2.75) is 12.6 Å². The maximum atomic E-state index is 11.5. The van der Waals surface area contributed by atoms with Crippen LogP contribution >= 0.6 is 11.8 Å². The first kappa shape index (κ1) is 12.1. The highest BCUT2D eigenvalue weighted by Crippen LogP contribution is 2.12. The summed E-state index contributed by atoms with van der Waals surface area (Å²) in [7, 11) is 0. The van der Waals surface area contributed by atoms with Gasteiger partial charge in [0.15, 0.2) is 0 Å². The molecule has 0 saturated carbocycles. The number of rotatable bonds is 4.